The van der Waals surface area contributed by atoms with E-state index in [1.807, 2.05) is 25.5 Å². The van der Waals surface area contributed by atoms with Crippen LogP contribution in [-0.4, -0.2) is 13.3 Å². The van der Waals surface area contributed by atoms with Crippen LogP contribution in [0.5, 0.6) is 0 Å². The number of hydrogen-bond donors (Lipinski definition) is 0. The van der Waals surface area contributed by atoms with Gasteiger partial charge in [-0.1, -0.05) is 39.0 Å². The van der Waals surface area contributed by atoms with Crippen molar-refractivity contribution < 1.29 is 4.57 Å². The van der Waals surface area contributed by atoms with Crippen molar-refractivity contribution in [2.75, 3.05) is 13.3 Å². The van der Waals surface area contributed by atoms with Gasteiger partial charge < -0.3 is 4.57 Å². The van der Waals surface area contributed by atoms with Crippen LogP contribution in [-0.2, 0) is 9.98 Å². The summed E-state index contributed by atoms with van der Waals surface area (Å²) in [6.07, 6.45) is 0. The zero-order valence-corrected chi connectivity index (χ0v) is 10.6. The van der Waals surface area contributed by atoms with E-state index in [9.17, 15) is 4.57 Å². The molecule has 0 unspecified atom stereocenters. The van der Waals surface area contributed by atoms with Crippen molar-refractivity contribution in [2.24, 2.45) is 0 Å². The first-order valence-electron chi connectivity index (χ1n) is 4.87. The van der Waals surface area contributed by atoms with Gasteiger partial charge in [0.25, 0.3) is 0 Å². The molecule has 1 aromatic carbocycles. The SMILES string of the molecule is CC(C)(C)c1cccc(P(C)(C)=O)c1. The fourth-order valence-electron chi connectivity index (χ4n) is 1.31. The third kappa shape index (κ3) is 2.72. The molecule has 0 radical (unpaired) electrons. The molecule has 0 aromatic heterocycles. The highest BCUT2D eigenvalue weighted by Gasteiger charge is 2.17. The van der Waals surface area contributed by atoms with Crippen LogP contribution in [0.4, 0.5) is 0 Å². The van der Waals surface area contributed by atoms with Gasteiger partial charge in [-0.05, 0) is 30.4 Å². The van der Waals surface area contributed by atoms with E-state index in [0.29, 0.717) is 0 Å². The van der Waals surface area contributed by atoms with Crippen LogP contribution in [0, 0.1) is 0 Å². The van der Waals surface area contributed by atoms with E-state index in [-0.39, 0.29) is 5.41 Å². The summed E-state index contributed by atoms with van der Waals surface area (Å²) < 4.78 is 11.9. The monoisotopic (exact) mass is 210 g/mol. The molecule has 78 valence electrons. The van der Waals surface area contributed by atoms with Gasteiger partial charge in [0.15, 0.2) is 0 Å². The first-order chi connectivity index (χ1) is 6.21. The molecule has 14 heavy (non-hydrogen) atoms. The summed E-state index contributed by atoms with van der Waals surface area (Å²) in [6, 6.07) is 8.12. The minimum absolute atomic E-state index is 0.130. The lowest BCUT2D eigenvalue weighted by atomic mass is 9.87. The molecule has 1 rings (SSSR count). The highest BCUT2D eigenvalue weighted by Crippen LogP contribution is 2.35. The molecule has 0 aliphatic rings. The molecule has 0 bridgehead atoms. The Hall–Kier alpha value is -0.550. The summed E-state index contributed by atoms with van der Waals surface area (Å²) >= 11 is 0. The second-order valence-electron chi connectivity index (χ2n) is 5.15. The van der Waals surface area contributed by atoms with Crippen LogP contribution >= 0.6 is 7.14 Å². The molecule has 0 aliphatic carbocycles. The summed E-state index contributed by atoms with van der Waals surface area (Å²) in [5.74, 6) is 0. The largest absolute Gasteiger partial charge is 0.319 e. The zero-order chi connectivity index (χ0) is 11.0. The lowest BCUT2D eigenvalue weighted by Gasteiger charge is -2.20. The number of benzene rings is 1. The molecule has 0 saturated heterocycles. The summed E-state index contributed by atoms with van der Waals surface area (Å²) in [5.41, 5.74) is 1.38. The van der Waals surface area contributed by atoms with Crippen LogP contribution in [0.15, 0.2) is 24.3 Å². The van der Waals surface area contributed by atoms with Gasteiger partial charge in [0.05, 0.1) is 0 Å². The Morgan fingerprint density at radius 2 is 1.71 bits per heavy atom. The van der Waals surface area contributed by atoms with E-state index in [1.165, 1.54) is 5.56 Å². The standard InChI is InChI=1S/C12H19OP/c1-12(2,3)10-7-6-8-11(9-10)14(4,5)13/h6-9H,1-5H3. The molecular formula is C12H19OP. The van der Waals surface area contributed by atoms with E-state index in [0.717, 1.165) is 5.30 Å². The Labute approximate surface area is 86.9 Å². The Kier molecular flexibility index (Phi) is 2.92. The predicted octanol–water partition coefficient (Wildman–Crippen LogP) is 3.23. The maximum absolute atomic E-state index is 11.9. The van der Waals surface area contributed by atoms with Gasteiger partial charge in [0.1, 0.15) is 7.14 Å². The summed E-state index contributed by atoms with van der Waals surface area (Å²) in [4.78, 5) is 0. The first-order valence-corrected chi connectivity index (χ1v) is 7.47. The van der Waals surface area contributed by atoms with Gasteiger partial charge >= 0.3 is 0 Å². The van der Waals surface area contributed by atoms with Gasteiger partial charge in [-0.3, -0.25) is 0 Å². The average Bonchev–Trinajstić information content (AvgIpc) is 2.01. The fourth-order valence-corrected chi connectivity index (χ4v) is 2.20. The first kappa shape index (κ1) is 11.5. The molecule has 0 spiro atoms. The van der Waals surface area contributed by atoms with Crippen molar-refractivity contribution in [1.82, 2.24) is 0 Å². The Morgan fingerprint density at radius 1 is 1.14 bits per heavy atom. The summed E-state index contributed by atoms with van der Waals surface area (Å²) in [6.45, 7) is 10.1. The highest BCUT2D eigenvalue weighted by atomic mass is 31.2. The summed E-state index contributed by atoms with van der Waals surface area (Å²) in [7, 11) is -2.11. The molecule has 0 saturated carbocycles. The number of hydrogen-bond acceptors (Lipinski definition) is 1. The van der Waals surface area contributed by atoms with Gasteiger partial charge in [-0.15, -0.1) is 0 Å². The van der Waals surface area contributed by atoms with Gasteiger partial charge in [-0.25, -0.2) is 0 Å². The third-order valence-electron chi connectivity index (χ3n) is 2.33. The van der Waals surface area contributed by atoms with Crippen molar-refractivity contribution in [2.45, 2.75) is 26.2 Å². The van der Waals surface area contributed by atoms with Crippen molar-refractivity contribution >= 4 is 12.4 Å². The van der Waals surface area contributed by atoms with Gasteiger partial charge in [-0.2, -0.15) is 0 Å². The van der Waals surface area contributed by atoms with Crippen molar-refractivity contribution in [1.29, 1.82) is 0 Å². The van der Waals surface area contributed by atoms with Gasteiger partial charge in [0.2, 0.25) is 0 Å². The van der Waals surface area contributed by atoms with E-state index in [2.05, 4.69) is 32.9 Å². The minimum atomic E-state index is -2.11. The second kappa shape index (κ2) is 3.55. The van der Waals surface area contributed by atoms with Crippen molar-refractivity contribution in [3.63, 3.8) is 0 Å². The molecule has 0 N–H and O–H groups in total. The highest BCUT2D eigenvalue weighted by molar-refractivity contribution is 7.70. The summed E-state index contributed by atoms with van der Waals surface area (Å²) in [5, 5.41) is 0.977. The van der Waals surface area contributed by atoms with E-state index >= 15 is 0 Å². The molecule has 0 amide bonds. The van der Waals surface area contributed by atoms with E-state index in [4.69, 9.17) is 0 Å². The van der Waals surface area contributed by atoms with Crippen LogP contribution in [0.2, 0.25) is 0 Å². The smallest absolute Gasteiger partial charge is 0.109 e. The Bertz CT molecular complexity index is 368. The van der Waals surface area contributed by atoms with Crippen molar-refractivity contribution in [3.05, 3.63) is 29.8 Å². The third-order valence-corrected chi connectivity index (χ3v) is 3.86. The van der Waals surface area contributed by atoms with Crippen LogP contribution in [0.25, 0.3) is 0 Å². The molecule has 0 atom stereocenters. The van der Waals surface area contributed by atoms with Crippen LogP contribution in [0.3, 0.4) is 0 Å². The fraction of sp³-hybridized carbons (Fsp3) is 0.500. The van der Waals surface area contributed by atoms with Crippen LogP contribution in [0.1, 0.15) is 26.3 Å². The Morgan fingerprint density at radius 3 is 2.14 bits per heavy atom. The molecule has 0 heterocycles. The molecule has 2 heteroatoms. The topological polar surface area (TPSA) is 17.1 Å². The lowest BCUT2D eigenvalue weighted by Crippen LogP contribution is -2.14. The number of rotatable bonds is 1. The van der Waals surface area contributed by atoms with E-state index in [1.54, 1.807) is 0 Å². The lowest BCUT2D eigenvalue weighted by molar-refractivity contribution is 0.586. The molecular weight excluding hydrogens is 191 g/mol. The minimum Gasteiger partial charge on any atom is -0.319 e. The van der Waals surface area contributed by atoms with Crippen LogP contribution < -0.4 is 5.30 Å². The van der Waals surface area contributed by atoms with E-state index < -0.39 is 7.14 Å². The van der Waals surface area contributed by atoms with Gasteiger partial charge in [0, 0.05) is 5.30 Å². The molecule has 0 aliphatic heterocycles. The normalized spacial score (nSPS) is 12.9. The molecule has 0 fully saturated rings. The maximum atomic E-state index is 11.9. The predicted molar refractivity (Wildman–Crippen MR) is 64.2 cm³/mol. The average molecular weight is 210 g/mol. The second-order valence-corrected chi connectivity index (χ2v) is 8.37. The maximum Gasteiger partial charge on any atom is 0.109 e. The molecule has 1 nitrogen and oxygen atoms in total. The quantitative estimate of drug-likeness (QED) is 0.650. The zero-order valence-electron chi connectivity index (χ0n) is 9.66. The van der Waals surface area contributed by atoms with Crippen molar-refractivity contribution in [3.8, 4) is 0 Å². The Balaban J connectivity index is 3.22. The molecule has 1 aromatic rings.